The first-order valence-corrected chi connectivity index (χ1v) is 12.5. The van der Waals surface area contributed by atoms with Gasteiger partial charge in [-0.05, 0) is 24.3 Å². The number of carbonyl (C=O) groups excluding carboxylic acids is 1. The van der Waals surface area contributed by atoms with E-state index < -0.39 is 12.0 Å². The molecule has 0 aliphatic carbocycles. The number of hydrogen-bond donors (Lipinski definition) is 3. The Morgan fingerprint density at radius 3 is 2.87 bits per heavy atom. The van der Waals surface area contributed by atoms with Crippen molar-refractivity contribution in [2.24, 2.45) is 0 Å². The van der Waals surface area contributed by atoms with Gasteiger partial charge in [-0.3, -0.25) is 14.9 Å². The van der Waals surface area contributed by atoms with E-state index in [0.29, 0.717) is 15.0 Å². The van der Waals surface area contributed by atoms with Crippen LogP contribution in [-0.2, 0) is 9.59 Å². The molecule has 0 saturated carbocycles. The lowest BCUT2D eigenvalue weighted by atomic mass is 10.0. The summed E-state index contributed by atoms with van der Waals surface area (Å²) >= 11 is 9.40. The molecule has 1 unspecified atom stereocenters. The Morgan fingerprint density at radius 1 is 1.29 bits per heavy atom. The van der Waals surface area contributed by atoms with Crippen LogP contribution in [0.5, 0.6) is 0 Å². The molecule has 2 saturated heterocycles. The largest absolute Gasteiger partial charge is 0.480 e. The Balaban J connectivity index is 1.56. The van der Waals surface area contributed by atoms with Gasteiger partial charge in [-0.1, -0.05) is 42.2 Å². The zero-order chi connectivity index (χ0) is 21.5. The molecular formula is C21H15N3O3S4. The van der Waals surface area contributed by atoms with Crippen LogP contribution in [0.4, 0.5) is 0 Å². The third kappa shape index (κ3) is 4.13. The second-order valence-corrected chi connectivity index (χ2v) is 10.8. The molecule has 5 rings (SSSR count). The zero-order valence-electron chi connectivity index (χ0n) is 15.8. The summed E-state index contributed by atoms with van der Waals surface area (Å²) in [6.07, 6.45) is 1.83. The highest BCUT2D eigenvalue weighted by Crippen LogP contribution is 2.40. The number of aromatic nitrogens is 1. The third-order valence-electron chi connectivity index (χ3n) is 4.92. The zero-order valence-corrected chi connectivity index (χ0v) is 19.1. The summed E-state index contributed by atoms with van der Waals surface area (Å²) in [7, 11) is 0. The highest BCUT2D eigenvalue weighted by molar-refractivity contribution is 8.26. The number of carboxylic acids is 1. The number of para-hydroxylation sites is 1. The summed E-state index contributed by atoms with van der Waals surface area (Å²) in [5.41, 5.74) is 3.58. The summed E-state index contributed by atoms with van der Waals surface area (Å²) in [5, 5.41) is 18.1. The van der Waals surface area contributed by atoms with Crippen LogP contribution in [0.2, 0.25) is 0 Å². The van der Waals surface area contributed by atoms with Crippen molar-refractivity contribution < 1.29 is 14.7 Å². The maximum atomic E-state index is 12.0. The molecule has 31 heavy (non-hydrogen) atoms. The van der Waals surface area contributed by atoms with Crippen LogP contribution in [0.1, 0.15) is 15.8 Å². The number of nitrogens with one attached hydrogen (secondary N) is 2. The predicted octanol–water partition coefficient (Wildman–Crippen LogP) is 4.24. The van der Waals surface area contributed by atoms with Gasteiger partial charge in [-0.2, -0.15) is 0 Å². The highest BCUT2D eigenvalue weighted by Gasteiger charge is 2.32. The summed E-state index contributed by atoms with van der Waals surface area (Å²) in [6.45, 7) is 0. The Hall–Kier alpha value is -2.24. The number of hydrogen-bond acceptors (Lipinski definition) is 8. The minimum atomic E-state index is -0.847. The number of thiophene rings is 1. The van der Waals surface area contributed by atoms with E-state index >= 15 is 0 Å². The molecule has 0 spiro atoms. The van der Waals surface area contributed by atoms with Gasteiger partial charge < -0.3 is 10.4 Å². The Morgan fingerprint density at radius 2 is 2.13 bits per heavy atom. The van der Waals surface area contributed by atoms with Crippen molar-refractivity contribution in [3.8, 4) is 11.3 Å². The lowest BCUT2D eigenvalue weighted by Crippen LogP contribution is -2.33. The molecule has 2 atom stereocenters. The number of aliphatic carboxylic acids is 1. The van der Waals surface area contributed by atoms with Crippen molar-refractivity contribution in [3.05, 3.63) is 57.1 Å². The van der Waals surface area contributed by atoms with E-state index in [4.69, 9.17) is 17.2 Å². The average Bonchev–Trinajstić information content (AvgIpc) is 3.48. The predicted molar refractivity (Wildman–Crippen MR) is 131 cm³/mol. The first-order valence-electron chi connectivity index (χ1n) is 9.32. The molecule has 4 heterocycles. The second-order valence-electron chi connectivity index (χ2n) is 6.98. The molecule has 156 valence electrons. The van der Waals surface area contributed by atoms with Crippen LogP contribution in [0.15, 0.2) is 46.7 Å². The van der Waals surface area contributed by atoms with Crippen molar-refractivity contribution in [1.29, 1.82) is 0 Å². The minimum absolute atomic E-state index is 0.163. The van der Waals surface area contributed by atoms with E-state index in [-0.39, 0.29) is 11.3 Å². The van der Waals surface area contributed by atoms with E-state index in [0.717, 1.165) is 32.6 Å². The first kappa shape index (κ1) is 20.7. The summed E-state index contributed by atoms with van der Waals surface area (Å²) in [6, 6.07) is 11.4. The number of thioether (sulfide) groups is 2. The average molecular weight is 486 g/mol. The van der Waals surface area contributed by atoms with Crippen LogP contribution in [-0.4, -0.2) is 38.1 Å². The normalized spacial score (nSPS) is 22.4. The Labute approximate surface area is 195 Å². The molecule has 1 aromatic carbocycles. The molecule has 0 bridgehead atoms. The maximum absolute atomic E-state index is 12.0. The van der Waals surface area contributed by atoms with Crippen molar-refractivity contribution in [1.82, 2.24) is 15.6 Å². The number of pyridine rings is 1. The monoisotopic (exact) mass is 485 g/mol. The van der Waals surface area contributed by atoms with Gasteiger partial charge in [0.2, 0.25) is 0 Å². The second kappa shape index (κ2) is 8.36. The number of nitrogens with zero attached hydrogens (tertiary/aromatic N) is 1. The highest BCUT2D eigenvalue weighted by atomic mass is 32.2. The molecule has 2 aliphatic heterocycles. The van der Waals surface area contributed by atoms with Crippen LogP contribution < -0.4 is 10.6 Å². The van der Waals surface area contributed by atoms with Crippen LogP contribution in [0.25, 0.3) is 28.2 Å². The molecule has 6 nitrogen and oxygen atoms in total. The molecule has 2 fully saturated rings. The lowest BCUT2D eigenvalue weighted by molar-refractivity contribution is -0.138. The Bertz CT molecular complexity index is 1270. The SMILES string of the molecule is O=C1NC(=S)S/C1=C\c1cc(-c2nc3ccccc3cc2C2N[C@H](C(=O)O)CS2)cs1. The van der Waals surface area contributed by atoms with Gasteiger partial charge in [-0.15, -0.1) is 23.1 Å². The van der Waals surface area contributed by atoms with Gasteiger partial charge in [-0.25, -0.2) is 4.98 Å². The first-order chi connectivity index (χ1) is 15.0. The van der Waals surface area contributed by atoms with Crippen molar-refractivity contribution >= 4 is 80.3 Å². The summed E-state index contributed by atoms with van der Waals surface area (Å²) in [5.74, 6) is -0.528. The van der Waals surface area contributed by atoms with Crippen LogP contribution in [0, 0.1) is 0 Å². The molecule has 1 amide bonds. The molecule has 2 aliphatic rings. The number of rotatable bonds is 4. The minimum Gasteiger partial charge on any atom is -0.480 e. The van der Waals surface area contributed by atoms with Gasteiger partial charge in [0.25, 0.3) is 5.91 Å². The summed E-state index contributed by atoms with van der Waals surface area (Å²) in [4.78, 5) is 29.8. The van der Waals surface area contributed by atoms with E-state index in [9.17, 15) is 14.7 Å². The number of benzene rings is 1. The van der Waals surface area contributed by atoms with E-state index in [1.807, 2.05) is 41.8 Å². The number of thiocarbonyl (C=S) groups is 1. The quantitative estimate of drug-likeness (QED) is 0.373. The van der Waals surface area contributed by atoms with Gasteiger partial charge in [0.1, 0.15) is 10.4 Å². The van der Waals surface area contributed by atoms with Crippen molar-refractivity contribution in [2.75, 3.05) is 5.75 Å². The van der Waals surface area contributed by atoms with Gasteiger partial charge in [0.15, 0.2) is 0 Å². The number of fused-ring (bicyclic) bond motifs is 1. The maximum Gasteiger partial charge on any atom is 0.321 e. The third-order valence-corrected chi connectivity index (χ3v) is 8.22. The molecule has 0 radical (unpaired) electrons. The van der Waals surface area contributed by atoms with E-state index in [1.54, 1.807) is 11.8 Å². The number of carbonyl (C=O) groups is 2. The van der Waals surface area contributed by atoms with Gasteiger partial charge in [0, 0.05) is 32.5 Å². The molecule has 3 N–H and O–H groups in total. The van der Waals surface area contributed by atoms with Gasteiger partial charge in [0.05, 0.1) is 21.5 Å². The van der Waals surface area contributed by atoms with Crippen LogP contribution in [0.3, 0.4) is 0 Å². The fraction of sp³-hybridized carbons (Fsp3) is 0.143. The fourth-order valence-corrected chi connectivity index (χ4v) is 6.64. The summed E-state index contributed by atoms with van der Waals surface area (Å²) < 4.78 is 0.462. The lowest BCUT2D eigenvalue weighted by Gasteiger charge is -2.16. The number of carboxylic acid groups (broad SMARTS) is 1. The fourth-order valence-electron chi connectivity index (χ4n) is 3.46. The molecule has 3 aromatic rings. The molecule has 2 aromatic heterocycles. The molecular weight excluding hydrogens is 471 g/mol. The topological polar surface area (TPSA) is 91.3 Å². The van der Waals surface area contributed by atoms with Crippen molar-refractivity contribution in [3.63, 3.8) is 0 Å². The molecule has 10 heteroatoms. The van der Waals surface area contributed by atoms with Gasteiger partial charge >= 0.3 is 5.97 Å². The standard InChI is InChI=1S/C21H15N3O3S4/c25-18-16(31-21(28)24-18)7-12-5-11(8-29-12)17-13(19-23-15(9-30-19)20(26)27)6-10-3-1-2-4-14(10)22-17/h1-8,15,19,23H,9H2,(H,26,27)(H,24,25,28)/b16-7-/t15-,19?/m0/s1. The Kier molecular flexibility index (Phi) is 5.57. The number of amides is 1. The van der Waals surface area contributed by atoms with E-state index in [1.165, 1.54) is 23.1 Å². The van der Waals surface area contributed by atoms with Crippen molar-refractivity contribution in [2.45, 2.75) is 11.4 Å². The van der Waals surface area contributed by atoms with E-state index in [2.05, 4.69) is 16.7 Å². The smallest absolute Gasteiger partial charge is 0.321 e. The van der Waals surface area contributed by atoms with Crippen LogP contribution >= 0.6 is 47.1 Å².